The van der Waals surface area contributed by atoms with Gasteiger partial charge in [0.15, 0.2) is 6.73 Å². The van der Waals surface area contributed by atoms with Crippen LogP contribution in [-0.2, 0) is 16.3 Å². The maximum atomic E-state index is 12.2. The summed E-state index contributed by atoms with van der Waals surface area (Å²) in [6, 6.07) is 14.3. The lowest BCUT2D eigenvalue weighted by molar-refractivity contribution is -0.147. The third-order valence-corrected chi connectivity index (χ3v) is 4.89. The van der Waals surface area contributed by atoms with E-state index in [0.29, 0.717) is 21.7 Å². The van der Waals surface area contributed by atoms with E-state index in [0.717, 1.165) is 9.58 Å². The molecule has 8 heteroatoms. The molecule has 25 heavy (non-hydrogen) atoms. The van der Waals surface area contributed by atoms with Gasteiger partial charge in [0.2, 0.25) is 0 Å². The number of carbonyl (C=O) groups is 1. The number of ether oxygens (including phenoxy) is 1. The SMILES string of the molecule is O=C(CCSc1ccccc1Cl)OCn1nnc2ccccc2c1=O. The van der Waals surface area contributed by atoms with Crippen molar-refractivity contribution >= 4 is 40.2 Å². The van der Waals surface area contributed by atoms with Crippen LogP contribution in [0.2, 0.25) is 5.02 Å². The number of nitrogens with zero attached hydrogens (tertiary/aromatic N) is 3. The molecule has 3 aromatic rings. The Hall–Kier alpha value is -2.38. The van der Waals surface area contributed by atoms with E-state index in [2.05, 4.69) is 10.3 Å². The van der Waals surface area contributed by atoms with Crippen LogP contribution in [0.25, 0.3) is 10.9 Å². The first-order valence-corrected chi connectivity index (χ1v) is 8.87. The highest BCUT2D eigenvalue weighted by molar-refractivity contribution is 7.99. The van der Waals surface area contributed by atoms with Crippen LogP contribution in [0.5, 0.6) is 0 Å². The maximum absolute atomic E-state index is 12.2. The summed E-state index contributed by atoms with van der Waals surface area (Å²) in [5.74, 6) is 0.113. The maximum Gasteiger partial charge on any atom is 0.308 e. The first-order chi connectivity index (χ1) is 12.1. The topological polar surface area (TPSA) is 74.1 Å². The van der Waals surface area contributed by atoms with Gasteiger partial charge in [-0.25, -0.2) is 0 Å². The fraction of sp³-hybridized carbons (Fsp3) is 0.176. The zero-order valence-corrected chi connectivity index (χ0v) is 14.7. The Morgan fingerprint density at radius 3 is 2.76 bits per heavy atom. The molecule has 0 fully saturated rings. The largest absolute Gasteiger partial charge is 0.442 e. The van der Waals surface area contributed by atoms with Crippen LogP contribution in [0, 0.1) is 0 Å². The molecule has 1 heterocycles. The van der Waals surface area contributed by atoms with E-state index >= 15 is 0 Å². The van der Waals surface area contributed by atoms with E-state index in [1.807, 2.05) is 18.2 Å². The molecule has 2 aromatic carbocycles. The minimum atomic E-state index is -0.415. The van der Waals surface area contributed by atoms with Crippen molar-refractivity contribution in [1.29, 1.82) is 0 Å². The zero-order valence-electron chi connectivity index (χ0n) is 13.1. The molecule has 0 amide bonds. The van der Waals surface area contributed by atoms with Gasteiger partial charge in [0.05, 0.1) is 16.8 Å². The molecule has 0 saturated carbocycles. The van der Waals surface area contributed by atoms with Crippen LogP contribution in [0.15, 0.2) is 58.2 Å². The van der Waals surface area contributed by atoms with Crippen molar-refractivity contribution < 1.29 is 9.53 Å². The normalized spacial score (nSPS) is 10.8. The lowest BCUT2D eigenvalue weighted by Gasteiger charge is -2.07. The van der Waals surface area contributed by atoms with Gasteiger partial charge in [-0.1, -0.05) is 41.1 Å². The minimum absolute atomic E-state index is 0.200. The summed E-state index contributed by atoms with van der Waals surface area (Å²) in [7, 11) is 0. The predicted octanol–water partition coefficient (Wildman–Crippen LogP) is 3.13. The Morgan fingerprint density at radius 1 is 1.16 bits per heavy atom. The summed E-state index contributed by atoms with van der Waals surface area (Å²) >= 11 is 7.53. The average molecular weight is 376 g/mol. The number of rotatable bonds is 6. The number of hydrogen-bond acceptors (Lipinski definition) is 6. The number of benzene rings is 2. The molecule has 0 atom stereocenters. The second-order valence-electron chi connectivity index (χ2n) is 5.09. The number of esters is 1. The quantitative estimate of drug-likeness (QED) is 0.486. The number of thioether (sulfide) groups is 1. The molecule has 0 spiro atoms. The number of aromatic nitrogens is 3. The second kappa shape index (κ2) is 8.13. The highest BCUT2D eigenvalue weighted by Crippen LogP contribution is 2.26. The van der Waals surface area contributed by atoms with Crippen molar-refractivity contribution in [3.05, 3.63) is 63.9 Å². The zero-order chi connectivity index (χ0) is 17.6. The van der Waals surface area contributed by atoms with Crippen LogP contribution >= 0.6 is 23.4 Å². The fourth-order valence-corrected chi connectivity index (χ4v) is 3.29. The van der Waals surface area contributed by atoms with Gasteiger partial charge in [-0.15, -0.1) is 16.9 Å². The summed E-state index contributed by atoms with van der Waals surface area (Å²) in [5, 5.41) is 8.79. The first kappa shape index (κ1) is 17.4. The summed E-state index contributed by atoms with van der Waals surface area (Å²) in [4.78, 5) is 25.0. The Labute approximate surface area is 152 Å². The molecule has 6 nitrogen and oxygen atoms in total. The number of hydrogen-bond donors (Lipinski definition) is 0. The van der Waals surface area contributed by atoms with Gasteiger partial charge in [-0.05, 0) is 24.3 Å². The predicted molar refractivity (Wildman–Crippen MR) is 96.7 cm³/mol. The van der Waals surface area contributed by atoms with Crippen molar-refractivity contribution in [2.45, 2.75) is 18.0 Å². The summed E-state index contributed by atoms with van der Waals surface area (Å²) in [6.45, 7) is -0.258. The van der Waals surface area contributed by atoms with Crippen LogP contribution in [0.3, 0.4) is 0 Å². The molecule has 0 unspecified atom stereocenters. The second-order valence-corrected chi connectivity index (χ2v) is 6.63. The third-order valence-electron chi connectivity index (χ3n) is 3.38. The van der Waals surface area contributed by atoms with Gasteiger partial charge in [-0.2, -0.15) is 4.68 Å². The van der Waals surface area contributed by atoms with E-state index in [4.69, 9.17) is 16.3 Å². The minimum Gasteiger partial charge on any atom is -0.442 e. The molecule has 0 aliphatic carbocycles. The van der Waals surface area contributed by atoms with Gasteiger partial charge in [0.25, 0.3) is 5.56 Å². The molecular weight excluding hydrogens is 362 g/mol. The van der Waals surface area contributed by atoms with Gasteiger partial charge in [-0.3, -0.25) is 9.59 Å². The summed E-state index contributed by atoms with van der Waals surface area (Å²) in [6.07, 6.45) is 0.200. The fourth-order valence-electron chi connectivity index (χ4n) is 2.12. The first-order valence-electron chi connectivity index (χ1n) is 7.50. The molecule has 0 radical (unpaired) electrons. The number of fused-ring (bicyclic) bond motifs is 1. The van der Waals surface area contributed by atoms with Crippen molar-refractivity contribution in [3.8, 4) is 0 Å². The Bertz CT molecular complexity index is 961. The standard InChI is InChI=1S/C17H14ClN3O3S/c18-13-6-2-4-8-15(13)25-10-9-16(22)24-11-21-17(23)12-5-1-3-7-14(12)19-20-21/h1-8H,9-11H2. The van der Waals surface area contributed by atoms with E-state index < -0.39 is 5.97 Å². The van der Waals surface area contributed by atoms with Gasteiger partial charge < -0.3 is 4.74 Å². The Balaban J connectivity index is 1.53. The lowest BCUT2D eigenvalue weighted by Crippen LogP contribution is -2.26. The van der Waals surface area contributed by atoms with E-state index in [1.165, 1.54) is 11.8 Å². The van der Waals surface area contributed by atoms with Crippen molar-refractivity contribution in [1.82, 2.24) is 15.0 Å². The summed E-state index contributed by atoms with van der Waals surface area (Å²) in [5.41, 5.74) is 0.162. The molecular formula is C17H14ClN3O3S. The number of carbonyl (C=O) groups excluding carboxylic acids is 1. The molecule has 3 rings (SSSR count). The molecule has 0 aliphatic rings. The van der Waals surface area contributed by atoms with E-state index in [-0.39, 0.29) is 18.7 Å². The van der Waals surface area contributed by atoms with Gasteiger partial charge in [0.1, 0.15) is 5.52 Å². The van der Waals surface area contributed by atoms with Crippen molar-refractivity contribution in [3.63, 3.8) is 0 Å². The van der Waals surface area contributed by atoms with Gasteiger partial charge in [0, 0.05) is 10.6 Å². The molecule has 0 aliphatic heterocycles. The molecule has 1 aromatic heterocycles. The monoisotopic (exact) mass is 375 g/mol. The van der Waals surface area contributed by atoms with E-state index in [1.54, 1.807) is 30.3 Å². The molecule has 0 N–H and O–H groups in total. The number of halogens is 1. The third kappa shape index (κ3) is 4.37. The van der Waals surface area contributed by atoms with Crippen molar-refractivity contribution in [2.75, 3.05) is 5.75 Å². The Kier molecular flexibility index (Phi) is 5.67. The molecule has 0 bridgehead atoms. The van der Waals surface area contributed by atoms with Crippen LogP contribution in [0.4, 0.5) is 0 Å². The van der Waals surface area contributed by atoms with Crippen LogP contribution < -0.4 is 5.56 Å². The molecule has 0 saturated heterocycles. The van der Waals surface area contributed by atoms with Crippen LogP contribution in [-0.4, -0.2) is 26.7 Å². The summed E-state index contributed by atoms with van der Waals surface area (Å²) < 4.78 is 6.13. The molecule has 128 valence electrons. The smallest absolute Gasteiger partial charge is 0.308 e. The highest BCUT2D eigenvalue weighted by Gasteiger charge is 2.09. The van der Waals surface area contributed by atoms with Crippen molar-refractivity contribution in [2.24, 2.45) is 0 Å². The lowest BCUT2D eigenvalue weighted by atomic mass is 10.2. The average Bonchev–Trinajstić information content (AvgIpc) is 2.63. The van der Waals surface area contributed by atoms with Gasteiger partial charge >= 0.3 is 5.97 Å². The highest BCUT2D eigenvalue weighted by atomic mass is 35.5. The Morgan fingerprint density at radius 2 is 1.92 bits per heavy atom. The van der Waals surface area contributed by atoms with E-state index in [9.17, 15) is 9.59 Å². The van der Waals surface area contributed by atoms with Crippen LogP contribution in [0.1, 0.15) is 6.42 Å².